The average Bonchev–Trinajstić information content (AvgIpc) is 3.41. The lowest BCUT2D eigenvalue weighted by molar-refractivity contribution is -0.132. The molecule has 1 aliphatic heterocycles. The van der Waals surface area contributed by atoms with Gasteiger partial charge in [-0.05, 0) is 31.5 Å². The van der Waals surface area contributed by atoms with E-state index in [1.54, 1.807) is 11.3 Å². The third-order valence-corrected chi connectivity index (χ3v) is 6.36. The first-order valence-corrected chi connectivity index (χ1v) is 10.8. The van der Waals surface area contributed by atoms with Crippen LogP contribution in [0.5, 0.6) is 0 Å². The molecule has 0 fully saturated rings. The highest BCUT2D eigenvalue weighted by Crippen LogP contribution is 2.30. The van der Waals surface area contributed by atoms with Crippen LogP contribution < -0.4 is 0 Å². The molecule has 0 aliphatic carbocycles. The van der Waals surface area contributed by atoms with Gasteiger partial charge in [0.05, 0.1) is 35.2 Å². The number of hydrogen-bond acceptors (Lipinski definition) is 4. The van der Waals surface area contributed by atoms with Crippen molar-refractivity contribution in [2.45, 2.75) is 33.5 Å². The molecular formula is C24H22N4OS. The number of nitrogens with zero attached hydrogens (tertiary/aromatic N) is 4. The summed E-state index contributed by atoms with van der Waals surface area (Å²) in [7, 11) is 0. The Bertz CT molecular complexity index is 1200. The molecule has 0 saturated carbocycles. The van der Waals surface area contributed by atoms with Gasteiger partial charge in [-0.3, -0.25) is 9.48 Å². The summed E-state index contributed by atoms with van der Waals surface area (Å²) in [6.07, 6.45) is 0. The number of fused-ring (bicyclic) bond motifs is 1. The van der Waals surface area contributed by atoms with Crippen molar-refractivity contribution >= 4 is 17.2 Å². The summed E-state index contributed by atoms with van der Waals surface area (Å²) in [5.41, 5.74) is 6.16. The number of rotatable bonds is 4. The second kappa shape index (κ2) is 7.54. The Labute approximate surface area is 179 Å². The molecule has 6 heteroatoms. The van der Waals surface area contributed by atoms with Crippen molar-refractivity contribution in [2.75, 3.05) is 0 Å². The maximum atomic E-state index is 13.1. The summed E-state index contributed by atoms with van der Waals surface area (Å²) in [5, 5.41) is 5.88. The fraction of sp³-hybridized carbons (Fsp3) is 0.208. The van der Waals surface area contributed by atoms with Gasteiger partial charge < -0.3 is 4.90 Å². The van der Waals surface area contributed by atoms with E-state index in [4.69, 9.17) is 5.10 Å². The van der Waals surface area contributed by atoms with Crippen molar-refractivity contribution in [1.82, 2.24) is 19.7 Å². The van der Waals surface area contributed by atoms with E-state index >= 15 is 0 Å². The zero-order valence-electron chi connectivity index (χ0n) is 17.0. The molecule has 150 valence electrons. The quantitative estimate of drug-likeness (QED) is 0.480. The number of aryl methyl sites for hydroxylation is 2. The Kier molecular flexibility index (Phi) is 4.71. The van der Waals surface area contributed by atoms with E-state index < -0.39 is 0 Å². The molecule has 1 amide bonds. The molecule has 4 aromatic rings. The highest BCUT2D eigenvalue weighted by Gasteiger charge is 2.27. The van der Waals surface area contributed by atoms with Gasteiger partial charge >= 0.3 is 0 Å². The van der Waals surface area contributed by atoms with Crippen LogP contribution in [-0.4, -0.2) is 25.6 Å². The van der Waals surface area contributed by atoms with Crippen LogP contribution in [0, 0.1) is 13.8 Å². The van der Waals surface area contributed by atoms with E-state index in [0.717, 1.165) is 33.2 Å². The van der Waals surface area contributed by atoms with E-state index in [2.05, 4.69) is 48.3 Å². The molecule has 2 aromatic carbocycles. The largest absolute Gasteiger partial charge is 0.330 e. The molecule has 0 atom stereocenters. The molecular weight excluding hydrogens is 392 g/mol. The maximum Gasteiger partial charge on any atom is 0.245 e. The molecule has 1 aliphatic rings. The zero-order valence-corrected chi connectivity index (χ0v) is 17.8. The topological polar surface area (TPSA) is 51.0 Å². The molecule has 5 nitrogen and oxygen atoms in total. The van der Waals surface area contributed by atoms with Gasteiger partial charge in [0.25, 0.3) is 0 Å². The van der Waals surface area contributed by atoms with Crippen molar-refractivity contribution in [1.29, 1.82) is 0 Å². The summed E-state index contributed by atoms with van der Waals surface area (Å²) < 4.78 is 1.83. The van der Waals surface area contributed by atoms with Crippen molar-refractivity contribution in [3.05, 3.63) is 81.8 Å². The van der Waals surface area contributed by atoms with E-state index in [1.165, 1.54) is 10.4 Å². The van der Waals surface area contributed by atoms with Crippen molar-refractivity contribution in [2.24, 2.45) is 0 Å². The molecule has 0 spiro atoms. The first-order chi connectivity index (χ1) is 14.6. The Balaban J connectivity index is 1.46. The van der Waals surface area contributed by atoms with Gasteiger partial charge in [0.15, 0.2) is 0 Å². The third kappa shape index (κ3) is 3.55. The molecule has 0 saturated heterocycles. The SMILES string of the molecule is Cc1cccc(-c2cc(-c3ccccc3)n(CC(=O)N3Cc4nc(C)sc4C3)n2)c1. The van der Waals surface area contributed by atoms with Crippen LogP contribution in [0.3, 0.4) is 0 Å². The van der Waals surface area contributed by atoms with E-state index in [0.29, 0.717) is 13.1 Å². The predicted molar refractivity (Wildman–Crippen MR) is 119 cm³/mol. The minimum absolute atomic E-state index is 0.0638. The summed E-state index contributed by atoms with van der Waals surface area (Å²) in [5.74, 6) is 0.0638. The standard InChI is InChI=1S/C24H22N4OS/c1-16-7-6-10-19(11-16)20-12-22(18-8-4-3-5-9-18)28(26-20)15-24(29)27-13-21-23(14-27)30-17(2)25-21/h3-12H,13-15H2,1-2H3. The number of carbonyl (C=O) groups excluding carboxylic acids is 1. The Morgan fingerprint density at radius 3 is 2.57 bits per heavy atom. The van der Waals surface area contributed by atoms with Gasteiger partial charge in [0.1, 0.15) is 6.54 Å². The second-order valence-electron chi connectivity index (χ2n) is 7.66. The Hall–Kier alpha value is -3.25. The summed E-state index contributed by atoms with van der Waals surface area (Å²) >= 11 is 1.68. The predicted octanol–water partition coefficient (Wildman–Crippen LogP) is 4.83. The van der Waals surface area contributed by atoms with Crippen molar-refractivity contribution in [3.8, 4) is 22.5 Å². The fourth-order valence-corrected chi connectivity index (χ4v) is 4.86. The minimum atomic E-state index is 0.0638. The Morgan fingerprint density at radius 2 is 1.80 bits per heavy atom. The van der Waals surface area contributed by atoms with Crippen LogP contribution in [0.15, 0.2) is 60.7 Å². The summed E-state index contributed by atoms with van der Waals surface area (Å²) in [6.45, 7) is 5.53. The van der Waals surface area contributed by atoms with Crippen molar-refractivity contribution in [3.63, 3.8) is 0 Å². The monoisotopic (exact) mass is 414 g/mol. The molecule has 2 aromatic heterocycles. The van der Waals surface area contributed by atoms with Crippen LogP contribution in [0.1, 0.15) is 21.1 Å². The number of thiazole rings is 1. The molecule has 0 radical (unpaired) electrons. The highest BCUT2D eigenvalue weighted by atomic mass is 32.1. The van der Waals surface area contributed by atoms with E-state index in [-0.39, 0.29) is 12.5 Å². The Morgan fingerprint density at radius 1 is 1.00 bits per heavy atom. The highest BCUT2D eigenvalue weighted by molar-refractivity contribution is 7.11. The maximum absolute atomic E-state index is 13.1. The normalized spacial score (nSPS) is 12.9. The number of benzene rings is 2. The molecule has 0 bridgehead atoms. The first kappa shape index (κ1) is 18.8. The summed E-state index contributed by atoms with van der Waals surface area (Å²) in [4.78, 5) is 20.7. The summed E-state index contributed by atoms with van der Waals surface area (Å²) in [6, 6.07) is 20.5. The molecule has 0 N–H and O–H groups in total. The van der Waals surface area contributed by atoms with Crippen LogP contribution in [0.25, 0.3) is 22.5 Å². The fourth-order valence-electron chi connectivity index (χ4n) is 3.90. The lowest BCUT2D eigenvalue weighted by atomic mass is 10.1. The number of carbonyl (C=O) groups is 1. The van der Waals surface area contributed by atoms with Crippen LogP contribution in [0.4, 0.5) is 0 Å². The first-order valence-electron chi connectivity index (χ1n) is 10.00. The van der Waals surface area contributed by atoms with Crippen LogP contribution in [-0.2, 0) is 24.4 Å². The molecule has 0 unspecified atom stereocenters. The molecule has 3 heterocycles. The number of hydrogen-bond donors (Lipinski definition) is 0. The van der Waals surface area contributed by atoms with E-state index in [1.807, 2.05) is 40.8 Å². The molecule has 5 rings (SSSR count). The lowest BCUT2D eigenvalue weighted by Gasteiger charge is -2.16. The van der Waals surface area contributed by atoms with Gasteiger partial charge in [0, 0.05) is 10.4 Å². The van der Waals surface area contributed by atoms with Gasteiger partial charge in [-0.25, -0.2) is 4.98 Å². The number of aromatic nitrogens is 3. The number of amides is 1. The van der Waals surface area contributed by atoms with Gasteiger partial charge in [-0.1, -0.05) is 54.1 Å². The van der Waals surface area contributed by atoms with E-state index in [9.17, 15) is 4.79 Å². The smallest absolute Gasteiger partial charge is 0.245 e. The molecule has 30 heavy (non-hydrogen) atoms. The van der Waals surface area contributed by atoms with Crippen LogP contribution >= 0.6 is 11.3 Å². The van der Waals surface area contributed by atoms with Gasteiger partial charge in [0.2, 0.25) is 5.91 Å². The van der Waals surface area contributed by atoms with Crippen molar-refractivity contribution < 1.29 is 4.79 Å². The van der Waals surface area contributed by atoms with Crippen LogP contribution in [0.2, 0.25) is 0 Å². The zero-order chi connectivity index (χ0) is 20.7. The lowest BCUT2D eigenvalue weighted by Crippen LogP contribution is -2.30. The third-order valence-electron chi connectivity index (χ3n) is 5.36. The average molecular weight is 415 g/mol. The van der Waals surface area contributed by atoms with Gasteiger partial charge in [-0.2, -0.15) is 5.10 Å². The van der Waals surface area contributed by atoms with Gasteiger partial charge in [-0.15, -0.1) is 11.3 Å². The minimum Gasteiger partial charge on any atom is -0.330 e. The second-order valence-corrected chi connectivity index (χ2v) is 8.95.